The standard InChI is InChI=1S/C14H16O2Si.C6H14/c1-15-17(16-2,13-9-5-3-6-10-13)14-11-7-4-8-12-14;1-3-5-6-4-2/h3-12H,1-2H3;3-6H2,1-2H3. The Morgan fingerprint density at radius 2 is 1.00 bits per heavy atom. The monoisotopic (exact) mass is 330 g/mol. The first-order valence-corrected chi connectivity index (χ1v) is 10.3. The Labute approximate surface area is 142 Å². The molecule has 0 aliphatic carbocycles. The Balaban J connectivity index is 0.000000379. The zero-order valence-corrected chi connectivity index (χ0v) is 15.9. The summed E-state index contributed by atoms with van der Waals surface area (Å²) < 4.78 is 11.6. The van der Waals surface area contributed by atoms with E-state index in [1.54, 1.807) is 14.2 Å². The lowest BCUT2D eigenvalue weighted by molar-refractivity contribution is 0.272. The van der Waals surface area contributed by atoms with Crippen molar-refractivity contribution in [3.05, 3.63) is 60.7 Å². The molecule has 0 saturated heterocycles. The Morgan fingerprint density at radius 1 is 0.652 bits per heavy atom. The molecule has 0 N–H and O–H groups in total. The average molecular weight is 331 g/mol. The highest BCUT2D eigenvalue weighted by Crippen LogP contribution is 2.07. The van der Waals surface area contributed by atoms with E-state index >= 15 is 0 Å². The summed E-state index contributed by atoms with van der Waals surface area (Å²) in [7, 11) is 0.940. The van der Waals surface area contributed by atoms with Crippen LogP contribution in [0.1, 0.15) is 39.5 Å². The zero-order chi connectivity index (χ0) is 17.0. The van der Waals surface area contributed by atoms with Gasteiger partial charge in [-0.15, -0.1) is 0 Å². The summed E-state index contributed by atoms with van der Waals surface area (Å²) in [5, 5.41) is 2.24. The molecule has 2 aromatic rings. The minimum Gasteiger partial charge on any atom is -0.391 e. The Hall–Kier alpha value is -1.42. The van der Waals surface area contributed by atoms with Gasteiger partial charge in [-0.1, -0.05) is 100 Å². The van der Waals surface area contributed by atoms with Gasteiger partial charge >= 0.3 is 8.56 Å². The van der Waals surface area contributed by atoms with Crippen molar-refractivity contribution in [2.24, 2.45) is 0 Å². The van der Waals surface area contributed by atoms with E-state index in [9.17, 15) is 0 Å². The topological polar surface area (TPSA) is 18.5 Å². The molecule has 0 aromatic heterocycles. The van der Waals surface area contributed by atoms with Gasteiger partial charge in [0.2, 0.25) is 0 Å². The lowest BCUT2D eigenvalue weighted by Gasteiger charge is -2.27. The summed E-state index contributed by atoms with van der Waals surface area (Å²) in [6.45, 7) is 4.46. The van der Waals surface area contributed by atoms with Gasteiger partial charge < -0.3 is 8.85 Å². The molecule has 3 heteroatoms. The molecule has 2 nitrogen and oxygen atoms in total. The molecular formula is C20H30O2Si. The van der Waals surface area contributed by atoms with E-state index in [1.165, 1.54) is 25.7 Å². The molecule has 0 aliphatic heterocycles. The third-order valence-electron chi connectivity index (χ3n) is 3.84. The van der Waals surface area contributed by atoms with E-state index < -0.39 is 8.56 Å². The number of hydrogen-bond acceptors (Lipinski definition) is 2. The fraction of sp³-hybridized carbons (Fsp3) is 0.400. The highest BCUT2D eigenvalue weighted by Gasteiger charge is 2.40. The van der Waals surface area contributed by atoms with E-state index in [2.05, 4.69) is 38.1 Å². The van der Waals surface area contributed by atoms with E-state index in [-0.39, 0.29) is 0 Å². The molecule has 126 valence electrons. The van der Waals surface area contributed by atoms with Crippen LogP contribution in [0.5, 0.6) is 0 Å². The minimum atomic E-state index is -2.50. The Kier molecular flexibility index (Phi) is 9.53. The molecule has 0 spiro atoms. The van der Waals surface area contributed by atoms with Gasteiger partial charge in [-0.2, -0.15) is 0 Å². The molecule has 2 rings (SSSR count). The molecule has 0 fully saturated rings. The molecule has 0 bridgehead atoms. The van der Waals surface area contributed by atoms with Gasteiger partial charge in [0.1, 0.15) is 0 Å². The van der Waals surface area contributed by atoms with Crippen LogP contribution in [-0.2, 0) is 8.85 Å². The highest BCUT2D eigenvalue weighted by molar-refractivity contribution is 6.92. The molecule has 0 heterocycles. The van der Waals surface area contributed by atoms with Crippen LogP contribution in [0, 0.1) is 0 Å². The van der Waals surface area contributed by atoms with Crippen LogP contribution in [0.2, 0.25) is 0 Å². The van der Waals surface area contributed by atoms with Crippen molar-refractivity contribution in [3.8, 4) is 0 Å². The number of hydrogen-bond donors (Lipinski definition) is 0. The summed E-state index contributed by atoms with van der Waals surface area (Å²) in [6, 6.07) is 20.3. The normalized spacial score (nSPS) is 10.8. The zero-order valence-electron chi connectivity index (χ0n) is 14.9. The van der Waals surface area contributed by atoms with Gasteiger partial charge in [0.25, 0.3) is 0 Å². The lowest BCUT2D eigenvalue weighted by atomic mass is 10.2. The molecule has 0 atom stereocenters. The van der Waals surface area contributed by atoms with Gasteiger partial charge in [0.05, 0.1) is 0 Å². The first kappa shape index (κ1) is 19.6. The van der Waals surface area contributed by atoms with E-state index in [0.717, 1.165) is 10.4 Å². The number of rotatable bonds is 7. The third-order valence-corrected chi connectivity index (χ3v) is 7.18. The predicted octanol–water partition coefficient (Wildman–Crippen LogP) is 4.12. The predicted molar refractivity (Wildman–Crippen MR) is 102 cm³/mol. The van der Waals surface area contributed by atoms with Crippen LogP contribution >= 0.6 is 0 Å². The third kappa shape index (κ3) is 5.61. The maximum absolute atomic E-state index is 5.78. The summed E-state index contributed by atoms with van der Waals surface area (Å²) in [4.78, 5) is 0. The van der Waals surface area contributed by atoms with Crippen molar-refractivity contribution in [1.29, 1.82) is 0 Å². The number of unbranched alkanes of at least 4 members (excludes halogenated alkanes) is 3. The molecule has 0 amide bonds. The van der Waals surface area contributed by atoms with Crippen LogP contribution < -0.4 is 10.4 Å². The van der Waals surface area contributed by atoms with Crippen molar-refractivity contribution in [3.63, 3.8) is 0 Å². The van der Waals surface area contributed by atoms with E-state index in [4.69, 9.17) is 8.85 Å². The largest absolute Gasteiger partial charge is 0.406 e. The first-order chi connectivity index (χ1) is 11.2. The highest BCUT2D eigenvalue weighted by atomic mass is 28.4. The molecule has 23 heavy (non-hydrogen) atoms. The van der Waals surface area contributed by atoms with Gasteiger partial charge in [-0.25, -0.2) is 0 Å². The van der Waals surface area contributed by atoms with Crippen LogP contribution in [0.3, 0.4) is 0 Å². The second-order valence-corrected chi connectivity index (χ2v) is 8.67. The van der Waals surface area contributed by atoms with Crippen molar-refractivity contribution in [2.45, 2.75) is 39.5 Å². The van der Waals surface area contributed by atoms with Crippen molar-refractivity contribution in [1.82, 2.24) is 0 Å². The maximum atomic E-state index is 5.78. The smallest absolute Gasteiger partial charge is 0.391 e. The fourth-order valence-electron chi connectivity index (χ4n) is 2.54. The molecule has 0 aliphatic rings. The molecule has 2 aromatic carbocycles. The van der Waals surface area contributed by atoms with Gasteiger partial charge in [-0.05, 0) is 10.4 Å². The second kappa shape index (κ2) is 11.2. The quantitative estimate of drug-likeness (QED) is 0.561. The fourth-order valence-corrected chi connectivity index (χ4v) is 5.24. The van der Waals surface area contributed by atoms with Crippen molar-refractivity contribution < 1.29 is 8.85 Å². The Bertz CT molecular complexity index is 464. The van der Waals surface area contributed by atoms with Crippen LogP contribution in [0.4, 0.5) is 0 Å². The average Bonchev–Trinajstić information content (AvgIpc) is 2.64. The van der Waals surface area contributed by atoms with Crippen LogP contribution in [0.25, 0.3) is 0 Å². The lowest BCUT2D eigenvalue weighted by Crippen LogP contribution is -2.62. The van der Waals surface area contributed by atoms with Crippen molar-refractivity contribution >= 4 is 18.9 Å². The summed E-state index contributed by atoms with van der Waals surface area (Å²) in [6.07, 6.45) is 5.54. The van der Waals surface area contributed by atoms with E-state index in [1.807, 2.05) is 36.4 Å². The van der Waals surface area contributed by atoms with E-state index in [0.29, 0.717) is 0 Å². The Morgan fingerprint density at radius 3 is 1.26 bits per heavy atom. The van der Waals surface area contributed by atoms with Gasteiger partial charge in [0.15, 0.2) is 0 Å². The van der Waals surface area contributed by atoms with Crippen LogP contribution in [0.15, 0.2) is 60.7 Å². The maximum Gasteiger partial charge on any atom is 0.406 e. The first-order valence-electron chi connectivity index (χ1n) is 8.46. The van der Waals surface area contributed by atoms with Gasteiger partial charge in [-0.3, -0.25) is 0 Å². The SMILES string of the molecule is CCCCCC.CO[Si](OC)(c1ccccc1)c1ccccc1. The molecule has 0 radical (unpaired) electrons. The van der Waals surface area contributed by atoms with Crippen LogP contribution in [-0.4, -0.2) is 22.8 Å². The summed E-state index contributed by atoms with van der Waals surface area (Å²) in [5.41, 5.74) is 0. The summed E-state index contributed by atoms with van der Waals surface area (Å²) in [5.74, 6) is 0. The second-order valence-electron chi connectivity index (χ2n) is 5.46. The van der Waals surface area contributed by atoms with Gasteiger partial charge in [0, 0.05) is 14.2 Å². The number of benzene rings is 2. The molecule has 0 unspecified atom stereocenters. The molecule has 0 saturated carbocycles. The van der Waals surface area contributed by atoms with Crippen molar-refractivity contribution in [2.75, 3.05) is 14.2 Å². The molecular weight excluding hydrogens is 300 g/mol. The summed E-state index contributed by atoms with van der Waals surface area (Å²) >= 11 is 0. The minimum absolute atomic E-state index is 1.12.